The maximum Gasteiger partial charge on any atom is 0.191 e. The third-order valence-electron chi connectivity index (χ3n) is 3.24. The standard InChI is InChI=1S/C16H19N3O3/c1-12-14(11-22-18-12)15(20)6-4-13-5-7-16(17-10-13)19(2)8-9-21-3/h4-7,10-11H,8-9H2,1-3H3. The Morgan fingerprint density at radius 3 is 2.86 bits per heavy atom. The summed E-state index contributed by atoms with van der Waals surface area (Å²) in [7, 11) is 3.62. The molecule has 2 aromatic rings. The first-order valence-electron chi connectivity index (χ1n) is 6.91. The normalized spacial score (nSPS) is 11.0. The van der Waals surface area contributed by atoms with Crippen molar-refractivity contribution in [3.8, 4) is 0 Å². The van der Waals surface area contributed by atoms with Gasteiger partial charge in [-0.1, -0.05) is 5.16 Å². The molecule has 0 fully saturated rings. The van der Waals surface area contributed by atoms with Gasteiger partial charge in [0.15, 0.2) is 5.78 Å². The second kappa shape index (κ2) is 7.51. The van der Waals surface area contributed by atoms with Gasteiger partial charge >= 0.3 is 0 Å². The fraction of sp³-hybridized carbons (Fsp3) is 0.312. The fourth-order valence-corrected chi connectivity index (χ4v) is 1.86. The number of ether oxygens (including phenoxy) is 1. The molecule has 0 N–H and O–H groups in total. The van der Waals surface area contributed by atoms with Crippen molar-refractivity contribution in [2.24, 2.45) is 0 Å². The van der Waals surface area contributed by atoms with Gasteiger partial charge in [-0.15, -0.1) is 0 Å². The zero-order valence-corrected chi connectivity index (χ0v) is 12.9. The van der Waals surface area contributed by atoms with Gasteiger partial charge in [0, 0.05) is 26.9 Å². The number of hydrogen-bond acceptors (Lipinski definition) is 6. The molecule has 2 aromatic heterocycles. The summed E-state index contributed by atoms with van der Waals surface area (Å²) in [6, 6.07) is 3.82. The summed E-state index contributed by atoms with van der Waals surface area (Å²) in [4.78, 5) is 18.3. The number of ketones is 1. The smallest absolute Gasteiger partial charge is 0.191 e. The molecule has 0 radical (unpaired) electrons. The molecule has 6 heteroatoms. The molecular weight excluding hydrogens is 282 g/mol. The highest BCUT2D eigenvalue weighted by atomic mass is 16.5. The Morgan fingerprint density at radius 1 is 1.45 bits per heavy atom. The van der Waals surface area contributed by atoms with Crippen molar-refractivity contribution in [3.05, 3.63) is 47.5 Å². The van der Waals surface area contributed by atoms with E-state index in [0.29, 0.717) is 17.9 Å². The van der Waals surface area contributed by atoms with E-state index >= 15 is 0 Å². The molecule has 6 nitrogen and oxygen atoms in total. The Morgan fingerprint density at radius 2 is 2.27 bits per heavy atom. The molecule has 2 rings (SSSR count). The average molecular weight is 301 g/mol. The molecule has 0 aliphatic rings. The van der Waals surface area contributed by atoms with Crippen LogP contribution in [-0.4, -0.2) is 43.2 Å². The van der Waals surface area contributed by atoms with E-state index in [9.17, 15) is 4.79 Å². The number of rotatable bonds is 7. The molecule has 22 heavy (non-hydrogen) atoms. The summed E-state index contributed by atoms with van der Waals surface area (Å²) in [6.07, 6.45) is 6.29. The lowest BCUT2D eigenvalue weighted by molar-refractivity contribution is 0.104. The monoisotopic (exact) mass is 301 g/mol. The van der Waals surface area contributed by atoms with Gasteiger partial charge in [-0.05, 0) is 36.8 Å². The van der Waals surface area contributed by atoms with Crippen molar-refractivity contribution in [1.82, 2.24) is 10.1 Å². The predicted octanol–water partition coefficient (Wildman–Crippen LogP) is 2.36. The first kappa shape index (κ1) is 15.9. The molecule has 0 aliphatic heterocycles. The largest absolute Gasteiger partial charge is 0.383 e. The number of anilines is 1. The van der Waals surface area contributed by atoms with Gasteiger partial charge in [0.25, 0.3) is 0 Å². The van der Waals surface area contributed by atoms with Gasteiger partial charge in [-0.25, -0.2) is 4.98 Å². The molecule has 2 heterocycles. The zero-order chi connectivity index (χ0) is 15.9. The van der Waals surface area contributed by atoms with Crippen LogP contribution in [0.1, 0.15) is 21.6 Å². The van der Waals surface area contributed by atoms with E-state index in [4.69, 9.17) is 9.26 Å². The Labute approximate surface area is 129 Å². The number of aryl methyl sites for hydroxylation is 1. The molecule has 0 atom stereocenters. The third-order valence-corrected chi connectivity index (χ3v) is 3.24. The SMILES string of the molecule is COCCN(C)c1ccc(C=CC(=O)c2conc2C)cn1. The minimum atomic E-state index is -0.139. The number of nitrogens with zero attached hydrogens (tertiary/aromatic N) is 3. The van der Waals surface area contributed by atoms with Crippen LogP contribution in [0.2, 0.25) is 0 Å². The van der Waals surface area contributed by atoms with Gasteiger partial charge in [0.2, 0.25) is 0 Å². The van der Waals surface area contributed by atoms with E-state index in [1.807, 2.05) is 24.1 Å². The maximum atomic E-state index is 12.0. The second-order valence-electron chi connectivity index (χ2n) is 4.88. The lowest BCUT2D eigenvalue weighted by atomic mass is 10.1. The molecule has 0 aromatic carbocycles. The van der Waals surface area contributed by atoms with Crippen LogP contribution in [0, 0.1) is 6.92 Å². The van der Waals surface area contributed by atoms with Crippen molar-refractivity contribution in [2.75, 3.05) is 32.2 Å². The van der Waals surface area contributed by atoms with Crippen molar-refractivity contribution in [3.63, 3.8) is 0 Å². The number of likely N-dealkylation sites (N-methyl/N-ethyl adjacent to an activating group) is 1. The topological polar surface area (TPSA) is 68.5 Å². The van der Waals surface area contributed by atoms with Crippen molar-refractivity contribution >= 4 is 17.7 Å². The molecule has 0 saturated heterocycles. The van der Waals surface area contributed by atoms with Crippen LogP contribution in [0.3, 0.4) is 0 Å². The lowest BCUT2D eigenvalue weighted by Crippen LogP contribution is -2.22. The van der Waals surface area contributed by atoms with Crippen molar-refractivity contribution in [2.45, 2.75) is 6.92 Å². The maximum absolute atomic E-state index is 12.0. The number of aromatic nitrogens is 2. The van der Waals surface area contributed by atoms with Crippen molar-refractivity contribution in [1.29, 1.82) is 0 Å². The number of methoxy groups -OCH3 is 1. The van der Waals surface area contributed by atoms with Crippen molar-refractivity contribution < 1.29 is 14.1 Å². The number of allylic oxidation sites excluding steroid dienone is 1. The molecule has 0 saturated carbocycles. The highest BCUT2D eigenvalue weighted by Gasteiger charge is 2.09. The average Bonchev–Trinajstić information content (AvgIpc) is 2.97. The first-order chi connectivity index (χ1) is 10.6. The van der Waals surface area contributed by atoms with E-state index < -0.39 is 0 Å². The Bertz CT molecular complexity index is 647. The summed E-state index contributed by atoms with van der Waals surface area (Å²) in [5.41, 5.74) is 1.91. The Hall–Kier alpha value is -2.47. The number of carbonyl (C=O) groups is 1. The van der Waals surface area contributed by atoms with Gasteiger partial charge in [0.05, 0.1) is 17.9 Å². The summed E-state index contributed by atoms with van der Waals surface area (Å²) in [5.74, 6) is 0.718. The van der Waals surface area contributed by atoms with E-state index in [-0.39, 0.29) is 5.78 Å². The second-order valence-corrected chi connectivity index (χ2v) is 4.88. The van der Waals surface area contributed by atoms with Crippen LogP contribution >= 0.6 is 0 Å². The molecule has 0 aliphatic carbocycles. The highest BCUT2D eigenvalue weighted by molar-refractivity contribution is 6.07. The number of pyridine rings is 1. The van der Waals surface area contributed by atoms with E-state index in [0.717, 1.165) is 17.9 Å². The summed E-state index contributed by atoms with van der Waals surface area (Å²) in [6.45, 7) is 3.15. The van der Waals surface area contributed by atoms with Crippen LogP contribution in [0.25, 0.3) is 6.08 Å². The van der Waals surface area contributed by atoms with Crippen LogP contribution in [0.15, 0.2) is 35.2 Å². The number of hydrogen-bond donors (Lipinski definition) is 0. The predicted molar refractivity (Wildman–Crippen MR) is 84.0 cm³/mol. The van der Waals surface area contributed by atoms with E-state index in [1.54, 1.807) is 26.3 Å². The van der Waals surface area contributed by atoms with Gasteiger partial charge in [-0.3, -0.25) is 4.79 Å². The van der Waals surface area contributed by atoms with E-state index in [2.05, 4.69) is 10.1 Å². The summed E-state index contributed by atoms with van der Waals surface area (Å²) < 4.78 is 9.80. The van der Waals surface area contributed by atoms with Crippen LogP contribution < -0.4 is 4.90 Å². The van der Waals surface area contributed by atoms with Gasteiger partial charge < -0.3 is 14.2 Å². The molecule has 0 bridgehead atoms. The summed E-state index contributed by atoms with van der Waals surface area (Å²) >= 11 is 0. The third kappa shape index (κ3) is 4.02. The van der Waals surface area contributed by atoms with E-state index in [1.165, 1.54) is 12.3 Å². The molecular formula is C16H19N3O3. The molecule has 0 amide bonds. The lowest BCUT2D eigenvalue weighted by Gasteiger charge is -2.17. The van der Waals surface area contributed by atoms with Gasteiger partial charge in [0.1, 0.15) is 12.1 Å². The highest BCUT2D eigenvalue weighted by Crippen LogP contribution is 2.12. The molecule has 116 valence electrons. The first-order valence-corrected chi connectivity index (χ1v) is 6.91. The Kier molecular flexibility index (Phi) is 5.43. The fourth-order valence-electron chi connectivity index (χ4n) is 1.86. The minimum Gasteiger partial charge on any atom is -0.383 e. The number of carbonyl (C=O) groups excluding carboxylic acids is 1. The molecule has 0 spiro atoms. The zero-order valence-electron chi connectivity index (χ0n) is 12.9. The minimum absolute atomic E-state index is 0.139. The quantitative estimate of drug-likeness (QED) is 0.577. The van der Waals surface area contributed by atoms with Crippen LogP contribution in [0.5, 0.6) is 0 Å². The Balaban J connectivity index is 2.00. The molecule has 0 unspecified atom stereocenters. The summed E-state index contributed by atoms with van der Waals surface area (Å²) in [5, 5.41) is 3.69. The van der Waals surface area contributed by atoms with Crippen LogP contribution in [-0.2, 0) is 4.74 Å². The van der Waals surface area contributed by atoms with Crippen LogP contribution in [0.4, 0.5) is 5.82 Å². The van der Waals surface area contributed by atoms with Gasteiger partial charge in [-0.2, -0.15) is 0 Å².